The zero-order chi connectivity index (χ0) is 22.9. The van der Waals surface area contributed by atoms with E-state index in [-0.39, 0.29) is 12.4 Å². The summed E-state index contributed by atoms with van der Waals surface area (Å²) in [7, 11) is 3.35. The van der Waals surface area contributed by atoms with Crippen molar-refractivity contribution in [1.82, 2.24) is 0 Å². The average molecular weight is 441 g/mol. The van der Waals surface area contributed by atoms with Crippen LogP contribution in [0, 0.1) is 20.8 Å². The molecule has 2 aromatic carbocycles. The molecule has 0 spiro atoms. The van der Waals surface area contributed by atoms with Crippen molar-refractivity contribution < 1.29 is 18.9 Å². The van der Waals surface area contributed by atoms with Gasteiger partial charge in [0.2, 0.25) is 0 Å². The van der Waals surface area contributed by atoms with E-state index in [1.807, 2.05) is 12.1 Å². The summed E-state index contributed by atoms with van der Waals surface area (Å²) < 4.78 is 22.4. The van der Waals surface area contributed by atoms with Crippen LogP contribution in [0.3, 0.4) is 0 Å². The number of hydrogen-bond donors (Lipinski definition) is 0. The molecule has 32 heavy (non-hydrogen) atoms. The highest BCUT2D eigenvalue weighted by molar-refractivity contribution is 5.70. The molecule has 6 nitrogen and oxygen atoms in total. The van der Waals surface area contributed by atoms with Crippen molar-refractivity contribution in [2.45, 2.75) is 39.7 Å². The second kappa shape index (κ2) is 9.20. The highest BCUT2D eigenvalue weighted by atomic mass is 16.7. The second-order valence-corrected chi connectivity index (χ2v) is 9.19. The molecular weight excluding hydrogens is 404 g/mol. The van der Waals surface area contributed by atoms with Crippen LogP contribution in [0.15, 0.2) is 24.3 Å². The molecule has 0 aromatic heterocycles. The first-order valence-electron chi connectivity index (χ1n) is 11.4. The summed E-state index contributed by atoms with van der Waals surface area (Å²) in [5.41, 5.74) is 7.51. The summed E-state index contributed by atoms with van der Waals surface area (Å²) in [5, 5.41) is 0. The fourth-order valence-corrected chi connectivity index (χ4v) is 5.05. The summed E-state index contributed by atoms with van der Waals surface area (Å²) >= 11 is 0. The van der Waals surface area contributed by atoms with Gasteiger partial charge in [-0.1, -0.05) is 0 Å². The second-order valence-electron chi connectivity index (χ2n) is 9.19. The normalized spacial score (nSPS) is 20.3. The summed E-state index contributed by atoms with van der Waals surface area (Å²) in [6.45, 7) is 13.6. The highest BCUT2D eigenvalue weighted by Crippen LogP contribution is 2.45. The third kappa shape index (κ3) is 4.26. The number of ether oxygens (including phenoxy) is 4. The molecule has 1 fully saturated rings. The molecule has 1 saturated heterocycles. The minimum Gasteiger partial charge on any atom is -0.497 e. The Bertz CT molecular complexity index is 952. The number of hydrogen-bond acceptors (Lipinski definition) is 6. The van der Waals surface area contributed by atoms with E-state index in [0.717, 1.165) is 44.1 Å². The molecule has 2 aromatic rings. The van der Waals surface area contributed by atoms with E-state index in [9.17, 15) is 0 Å². The summed E-state index contributed by atoms with van der Waals surface area (Å²) in [6, 6.07) is 8.36. The third-order valence-corrected chi connectivity index (χ3v) is 6.88. The van der Waals surface area contributed by atoms with Gasteiger partial charge in [0.25, 0.3) is 0 Å². The lowest BCUT2D eigenvalue weighted by molar-refractivity contribution is -0.0792. The Kier molecular flexibility index (Phi) is 6.54. The zero-order valence-corrected chi connectivity index (χ0v) is 20.3. The standard InChI is InChI=1S/C26H36N2O4/c1-18-19(2)25-23(15-26(4,32-25)16-31-17-29-5)20(3)24(18)28-13-11-27(12-14-28)21-7-9-22(30-6)10-8-21/h7-10H,11-17H2,1-6H3. The molecule has 2 aliphatic heterocycles. The smallest absolute Gasteiger partial charge is 0.146 e. The molecule has 1 atom stereocenters. The molecule has 2 heterocycles. The van der Waals surface area contributed by atoms with Crippen LogP contribution in [0.5, 0.6) is 11.5 Å². The van der Waals surface area contributed by atoms with Crippen molar-refractivity contribution in [3.05, 3.63) is 46.5 Å². The van der Waals surface area contributed by atoms with Gasteiger partial charge in [0.15, 0.2) is 0 Å². The Morgan fingerprint density at radius 1 is 0.906 bits per heavy atom. The van der Waals surface area contributed by atoms with Crippen molar-refractivity contribution in [3.8, 4) is 11.5 Å². The quantitative estimate of drug-likeness (QED) is 0.473. The SMILES string of the molecule is COCOCC1(C)Cc2c(C)c(N3CCN(c4ccc(OC)cc4)CC3)c(C)c(C)c2O1. The van der Waals surface area contributed by atoms with Crippen LogP contribution in [0.2, 0.25) is 0 Å². The zero-order valence-electron chi connectivity index (χ0n) is 20.3. The molecule has 0 amide bonds. The molecule has 0 N–H and O–H groups in total. The first-order chi connectivity index (χ1) is 15.4. The summed E-state index contributed by atoms with van der Waals surface area (Å²) in [5.74, 6) is 1.94. The molecule has 4 rings (SSSR count). The Morgan fingerprint density at radius 3 is 2.19 bits per heavy atom. The third-order valence-electron chi connectivity index (χ3n) is 6.88. The lowest BCUT2D eigenvalue weighted by Crippen LogP contribution is -2.47. The predicted octanol–water partition coefficient (Wildman–Crippen LogP) is 4.26. The number of nitrogens with zero attached hydrogens (tertiary/aromatic N) is 2. The lowest BCUT2D eigenvalue weighted by atomic mass is 9.91. The van der Waals surface area contributed by atoms with Crippen LogP contribution in [0.1, 0.15) is 29.2 Å². The first kappa shape index (κ1) is 22.7. The monoisotopic (exact) mass is 440 g/mol. The van der Waals surface area contributed by atoms with Gasteiger partial charge in [-0.05, 0) is 68.7 Å². The molecule has 0 aliphatic carbocycles. The lowest BCUT2D eigenvalue weighted by Gasteiger charge is -2.39. The van der Waals surface area contributed by atoms with E-state index in [2.05, 4.69) is 49.6 Å². The van der Waals surface area contributed by atoms with Crippen molar-refractivity contribution in [1.29, 1.82) is 0 Å². The van der Waals surface area contributed by atoms with Crippen LogP contribution < -0.4 is 19.3 Å². The summed E-state index contributed by atoms with van der Waals surface area (Å²) in [4.78, 5) is 5.00. The largest absolute Gasteiger partial charge is 0.497 e. The van der Waals surface area contributed by atoms with Crippen molar-refractivity contribution in [3.63, 3.8) is 0 Å². The number of methoxy groups -OCH3 is 2. The molecule has 6 heteroatoms. The van der Waals surface area contributed by atoms with E-state index >= 15 is 0 Å². The van der Waals surface area contributed by atoms with Gasteiger partial charge in [0.1, 0.15) is 23.9 Å². The maximum atomic E-state index is 6.45. The van der Waals surface area contributed by atoms with Gasteiger partial charge in [-0.15, -0.1) is 0 Å². The molecule has 1 unspecified atom stereocenters. The average Bonchev–Trinajstić information content (AvgIpc) is 3.17. The minimum atomic E-state index is -0.353. The van der Waals surface area contributed by atoms with Gasteiger partial charge in [-0.3, -0.25) is 0 Å². The molecule has 0 bridgehead atoms. The van der Waals surface area contributed by atoms with E-state index < -0.39 is 0 Å². The maximum Gasteiger partial charge on any atom is 0.146 e. The Balaban J connectivity index is 1.51. The van der Waals surface area contributed by atoms with Gasteiger partial charge in [0, 0.05) is 56.6 Å². The van der Waals surface area contributed by atoms with E-state index in [1.54, 1.807) is 14.2 Å². The van der Waals surface area contributed by atoms with Gasteiger partial charge in [-0.2, -0.15) is 0 Å². The molecule has 174 valence electrons. The van der Waals surface area contributed by atoms with Crippen LogP contribution in [-0.4, -0.2) is 59.4 Å². The molecular formula is C26H36N2O4. The number of fused-ring (bicyclic) bond motifs is 1. The van der Waals surface area contributed by atoms with Crippen molar-refractivity contribution in [2.24, 2.45) is 0 Å². The van der Waals surface area contributed by atoms with Crippen molar-refractivity contribution >= 4 is 11.4 Å². The number of anilines is 2. The number of piperazine rings is 1. The number of benzene rings is 2. The van der Waals surface area contributed by atoms with Gasteiger partial charge in [-0.25, -0.2) is 0 Å². The van der Waals surface area contributed by atoms with Gasteiger partial charge in [0.05, 0.1) is 13.7 Å². The highest BCUT2D eigenvalue weighted by Gasteiger charge is 2.39. The molecule has 0 saturated carbocycles. The topological polar surface area (TPSA) is 43.4 Å². The molecule has 0 radical (unpaired) electrons. The maximum absolute atomic E-state index is 6.45. The Morgan fingerprint density at radius 2 is 1.56 bits per heavy atom. The first-order valence-corrected chi connectivity index (χ1v) is 11.4. The van der Waals surface area contributed by atoms with Gasteiger partial charge < -0.3 is 28.7 Å². The number of rotatable bonds is 7. The van der Waals surface area contributed by atoms with Crippen LogP contribution in [0.25, 0.3) is 0 Å². The fraction of sp³-hybridized carbons (Fsp3) is 0.538. The van der Waals surface area contributed by atoms with Crippen LogP contribution in [0.4, 0.5) is 11.4 Å². The van der Waals surface area contributed by atoms with Crippen molar-refractivity contribution in [2.75, 3.05) is 63.6 Å². The summed E-state index contributed by atoms with van der Waals surface area (Å²) in [6.07, 6.45) is 0.859. The minimum absolute atomic E-state index is 0.288. The van der Waals surface area contributed by atoms with E-state index in [4.69, 9.17) is 18.9 Å². The van der Waals surface area contributed by atoms with Gasteiger partial charge >= 0.3 is 0 Å². The van der Waals surface area contributed by atoms with E-state index in [0.29, 0.717) is 6.61 Å². The fourth-order valence-electron chi connectivity index (χ4n) is 5.05. The predicted molar refractivity (Wildman–Crippen MR) is 129 cm³/mol. The van der Waals surface area contributed by atoms with E-state index in [1.165, 1.54) is 33.6 Å². The van der Waals surface area contributed by atoms with Crippen LogP contribution >= 0.6 is 0 Å². The van der Waals surface area contributed by atoms with Crippen LogP contribution in [-0.2, 0) is 15.9 Å². The Hall–Kier alpha value is -2.44. The molecule has 2 aliphatic rings. The Labute approximate surface area is 192 Å².